The molecule has 134 valence electrons. The maximum absolute atomic E-state index is 13.0. The Morgan fingerprint density at radius 1 is 1.23 bits per heavy atom. The normalized spacial score (nSPS) is 11.7. The third-order valence-electron chi connectivity index (χ3n) is 4.84. The zero-order chi connectivity index (χ0) is 18.6. The molecule has 26 heavy (non-hydrogen) atoms. The molecule has 8 heteroatoms. The van der Waals surface area contributed by atoms with Crippen LogP contribution >= 0.6 is 0 Å². The van der Waals surface area contributed by atoms with Gasteiger partial charge in [0.1, 0.15) is 5.76 Å². The Morgan fingerprint density at radius 3 is 2.65 bits per heavy atom. The molecular weight excluding hydrogens is 334 g/mol. The number of nitrogens with zero attached hydrogens (tertiary/aromatic N) is 5. The third kappa shape index (κ3) is 2.05. The summed E-state index contributed by atoms with van der Waals surface area (Å²) in [6.07, 6.45) is 3.16. The Balaban J connectivity index is 2.13. The second-order valence-corrected chi connectivity index (χ2v) is 6.30. The van der Waals surface area contributed by atoms with Gasteiger partial charge in [0.25, 0.3) is 5.56 Å². The summed E-state index contributed by atoms with van der Waals surface area (Å²) in [5, 5.41) is 0. The van der Waals surface area contributed by atoms with Crippen molar-refractivity contribution in [2.45, 2.75) is 26.9 Å². The fraction of sp³-hybridized carbons (Fsp3) is 0.278. The molecule has 4 heterocycles. The molecule has 0 atom stereocenters. The molecule has 0 bridgehead atoms. The van der Waals surface area contributed by atoms with Gasteiger partial charge < -0.3 is 8.98 Å². The smallest absolute Gasteiger partial charge is 0.332 e. The zero-order valence-corrected chi connectivity index (χ0v) is 14.9. The van der Waals surface area contributed by atoms with Crippen LogP contribution in [0.4, 0.5) is 0 Å². The van der Waals surface area contributed by atoms with Crippen molar-refractivity contribution in [1.29, 1.82) is 0 Å². The van der Waals surface area contributed by atoms with Gasteiger partial charge in [-0.2, -0.15) is 4.98 Å². The van der Waals surface area contributed by atoms with Crippen molar-refractivity contribution in [1.82, 2.24) is 23.1 Å². The third-order valence-corrected chi connectivity index (χ3v) is 4.84. The minimum Gasteiger partial charge on any atom is -0.467 e. The Bertz CT molecular complexity index is 1260. The van der Waals surface area contributed by atoms with Gasteiger partial charge in [-0.25, -0.2) is 4.79 Å². The molecular formula is C18H19N5O3. The second-order valence-electron chi connectivity index (χ2n) is 6.30. The van der Waals surface area contributed by atoms with E-state index in [0.717, 1.165) is 17.1 Å². The summed E-state index contributed by atoms with van der Waals surface area (Å²) in [7, 11) is 1.62. The molecule has 0 saturated heterocycles. The van der Waals surface area contributed by atoms with Crippen molar-refractivity contribution in [3.63, 3.8) is 0 Å². The number of imidazole rings is 2. The van der Waals surface area contributed by atoms with E-state index >= 15 is 0 Å². The van der Waals surface area contributed by atoms with Crippen LogP contribution in [0.3, 0.4) is 0 Å². The minimum atomic E-state index is -0.407. The molecule has 0 N–H and O–H groups in total. The first-order chi connectivity index (χ1) is 12.5. The molecule has 8 nitrogen and oxygen atoms in total. The van der Waals surface area contributed by atoms with Gasteiger partial charge >= 0.3 is 5.69 Å². The molecule has 0 saturated carbocycles. The lowest BCUT2D eigenvalue weighted by atomic mass is 10.3. The molecule has 0 amide bonds. The Morgan fingerprint density at radius 2 is 2.00 bits per heavy atom. The van der Waals surface area contributed by atoms with Gasteiger partial charge in [-0.15, -0.1) is 6.58 Å². The molecule has 0 aliphatic carbocycles. The largest absolute Gasteiger partial charge is 0.467 e. The minimum absolute atomic E-state index is 0.153. The molecule has 0 aliphatic heterocycles. The van der Waals surface area contributed by atoms with E-state index in [1.54, 1.807) is 13.3 Å². The first-order valence-corrected chi connectivity index (χ1v) is 8.26. The van der Waals surface area contributed by atoms with E-state index in [1.807, 2.05) is 34.9 Å². The lowest BCUT2D eigenvalue weighted by Gasteiger charge is -2.06. The van der Waals surface area contributed by atoms with Crippen LogP contribution in [-0.2, 0) is 20.1 Å². The zero-order valence-electron chi connectivity index (χ0n) is 14.9. The molecule has 0 unspecified atom stereocenters. The molecule has 0 aliphatic rings. The molecule has 4 aromatic rings. The average molecular weight is 353 g/mol. The highest BCUT2D eigenvalue weighted by molar-refractivity contribution is 5.76. The van der Waals surface area contributed by atoms with E-state index in [1.165, 1.54) is 15.2 Å². The summed E-state index contributed by atoms with van der Waals surface area (Å²) in [6.45, 7) is 8.19. The quantitative estimate of drug-likeness (QED) is 0.522. The van der Waals surface area contributed by atoms with Gasteiger partial charge in [0.05, 0.1) is 12.8 Å². The monoisotopic (exact) mass is 353 g/mol. The lowest BCUT2D eigenvalue weighted by Crippen LogP contribution is -2.39. The second kappa shape index (κ2) is 5.62. The van der Waals surface area contributed by atoms with Crippen LogP contribution in [0.1, 0.15) is 17.1 Å². The Labute approximate surface area is 148 Å². The number of fused-ring (bicyclic) bond motifs is 3. The molecule has 0 fully saturated rings. The van der Waals surface area contributed by atoms with Crippen LogP contribution in [-0.4, -0.2) is 23.1 Å². The molecule has 0 spiro atoms. The molecule has 4 rings (SSSR count). The summed E-state index contributed by atoms with van der Waals surface area (Å²) in [5.41, 5.74) is 1.86. The summed E-state index contributed by atoms with van der Waals surface area (Å²) in [4.78, 5) is 30.1. The number of furan rings is 1. The summed E-state index contributed by atoms with van der Waals surface area (Å²) in [5.74, 6) is 1.39. The predicted molar refractivity (Wildman–Crippen MR) is 97.7 cm³/mol. The van der Waals surface area contributed by atoms with Crippen molar-refractivity contribution in [2.75, 3.05) is 0 Å². The van der Waals surface area contributed by atoms with Crippen LogP contribution in [0, 0.1) is 13.8 Å². The maximum Gasteiger partial charge on any atom is 0.332 e. The Kier molecular flexibility index (Phi) is 3.50. The number of rotatable bonds is 4. The highest BCUT2D eigenvalue weighted by Crippen LogP contribution is 2.21. The van der Waals surface area contributed by atoms with E-state index in [-0.39, 0.29) is 12.1 Å². The SMILES string of the molecule is C=CCn1c(=O)c2c(nc3n(Cc4ccco4)c(C)c(C)n23)n(C)c1=O. The number of hydrogen-bond acceptors (Lipinski definition) is 4. The van der Waals surface area contributed by atoms with Crippen LogP contribution in [0.2, 0.25) is 0 Å². The van der Waals surface area contributed by atoms with E-state index in [9.17, 15) is 9.59 Å². The van der Waals surface area contributed by atoms with Crippen molar-refractivity contribution in [3.05, 3.63) is 69.0 Å². The summed E-state index contributed by atoms with van der Waals surface area (Å²) >= 11 is 0. The lowest BCUT2D eigenvalue weighted by molar-refractivity contribution is 0.494. The van der Waals surface area contributed by atoms with Crippen molar-refractivity contribution in [3.8, 4) is 0 Å². The molecule has 4 aromatic heterocycles. The van der Waals surface area contributed by atoms with Crippen molar-refractivity contribution in [2.24, 2.45) is 7.05 Å². The topological polar surface area (TPSA) is 79.4 Å². The van der Waals surface area contributed by atoms with Crippen LogP contribution in [0.5, 0.6) is 0 Å². The van der Waals surface area contributed by atoms with E-state index in [2.05, 4.69) is 11.6 Å². The van der Waals surface area contributed by atoms with Crippen LogP contribution in [0.15, 0.2) is 45.1 Å². The maximum atomic E-state index is 13.0. The highest BCUT2D eigenvalue weighted by atomic mass is 16.3. The van der Waals surface area contributed by atoms with E-state index in [0.29, 0.717) is 23.5 Å². The van der Waals surface area contributed by atoms with E-state index < -0.39 is 5.69 Å². The van der Waals surface area contributed by atoms with Gasteiger partial charge in [0.15, 0.2) is 11.2 Å². The van der Waals surface area contributed by atoms with Gasteiger partial charge in [0.2, 0.25) is 5.78 Å². The van der Waals surface area contributed by atoms with E-state index in [4.69, 9.17) is 4.42 Å². The summed E-state index contributed by atoms with van der Waals surface area (Å²) in [6, 6.07) is 3.72. The molecule has 0 radical (unpaired) electrons. The number of allylic oxidation sites excluding steroid dienone is 1. The van der Waals surface area contributed by atoms with Crippen LogP contribution < -0.4 is 11.2 Å². The number of hydrogen-bond donors (Lipinski definition) is 0. The van der Waals surface area contributed by atoms with Gasteiger partial charge in [-0.3, -0.25) is 18.3 Å². The summed E-state index contributed by atoms with van der Waals surface area (Å²) < 4.78 is 11.8. The first kappa shape index (κ1) is 16.2. The van der Waals surface area contributed by atoms with Gasteiger partial charge in [-0.05, 0) is 26.0 Å². The predicted octanol–water partition coefficient (Wildman–Crippen LogP) is 1.59. The van der Waals surface area contributed by atoms with Crippen LogP contribution in [0.25, 0.3) is 16.9 Å². The Hall–Kier alpha value is -3.29. The first-order valence-electron chi connectivity index (χ1n) is 8.26. The highest BCUT2D eigenvalue weighted by Gasteiger charge is 2.22. The van der Waals surface area contributed by atoms with Gasteiger partial charge in [0, 0.05) is 25.0 Å². The molecule has 0 aromatic carbocycles. The van der Waals surface area contributed by atoms with Gasteiger partial charge in [-0.1, -0.05) is 6.08 Å². The average Bonchev–Trinajstić information content (AvgIpc) is 3.31. The van der Waals surface area contributed by atoms with Crippen molar-refractivity contribution < 1.29 is 4.42 Å². The standard InChI is InChI=1S/C18H19N5O3/c1-5-8-21-16(24)14-15(20(4)18(21)25)19-17-22(10-13-7-6-9-26-13)11(2)12(3)23(14)17/h5-7,9H,1,8,10H2,2-4H3. The number of aromatic nitrogens is 5. The fourth-order valence-corrected chi connectivity index (χ4v) is 3.35. The number of aryl methyl sites for hydroxylation is 2. The van der Waals surface area contributed by atoms with Crippen molar-refractivity contribution >= 4 is 16.9 Å². The fourth-order valence-electron chi connectivity index (χ4n) is 3.35.